The number of pyridine rings is 2. The third-order valence-corrected chi connectivity index (χ3v) is 3.91. The van der Waals surface area contributed by atoms with Crippen molar-refractivity contribution in [3.8, 4) is 17.4 Å². The molecule has 4 aromatic rings. The summed E-state index contributed by atoms with van der Waals surface area (Å²) in [7, 11) is 1.54. The number of nitrogens with one attached hydrogen (secondary N) is 1. The summed E-state index contributed by atoms with van der Waals surface area (Å²) in [5, 5.41) is 7.52. The molecule has 0 saturated heterocycles. The Bertz CT molecular complexity index is 1140. The van der Waals surface area contributed by atoms with E-state index in [1.54, 1.807) is 28.8 Å². The number of halogens is 1. The number of hydrogen-bond donors (Lipinski definition) is 1. The molecule has 0 saturated carbocycles. The molecule has 134 valence electrons. The van der Waals surface area contributed by atoms with Crippen LogP contribution >= 0.6 is 0 Å². The van der Waals surface area contributed by atoms with Gasteiger partial charge in [-0.1, -0.05) is 18.7 Å². The number of hydrogen-bond acceptors (Lipinski definition) is 6. The fourth-order valence-corrected chi connectivity index (χ4v) is 2.59. The quantitative estimate of drug-likeness (QED) is 0.583. The predicted molar refractivity (Wildman–Crippen MR) is 100 cm³/mol. The molecule has 0 unspecified atom stereocenters. The molecular formula is C19H15FN6O. The number of ether oxygens (including phenoxy) is 1. The van der Waals surface area contributed by atoms with Gasteiger partial charge in [-0.15, -0.1) is 5.10 Å². The van der Waals surface area contributed by atoms with Gasteiger partial charge in [0.2, 0.25) is 11.7 Å². The Morgan fingerprint density at radius 1 is 1.26 bits per heavy atom. The van der Waals surface area contributed by atoms with Gasteiger partial charge >= 0.3 is 0 Å². The largest absolute Gasteiger partial charge is 0.481 e. The lowest BCUT2D eigenvalue weighted by Gasteiger charge is -2.10. The first kappa shape index (κ1) is 16.6. The molecule has 4 rings (SSSR count). The Kier molecular flexibility index (Phi) is 4.21. The van der Waals surface area contributed by atoms with E-state index in [0.29, 0.717) is 28.7 Å². The van der Waals surface area contributed by atoms with Crippen LogP contribution < -0.4 is 10.1 Å². The number of aromatic nitrogens is 5. The zero-order valence-corrected chi connectivity index (χ0v) is 14.4. The molecule has 0 spiro atoms. The highest BCUT2D eigenvalue weighted by atomic mass is 19.1. The fourth-order valence-electron chi connectivity index (χ4n) is 2.59. The Morgan fingerprint density at radius 3 is 2.93 bits per heavy atom. The predicted octanol–water partition coefficient (Wildman–Crippen LogP) is 3.72. The molecule has 0 aliphatic carbocycles. The summed E-state index contributed by atoms with van der Waals surface area (Å²) in [6.07, 6.45) is 6.15. The van der Waals surface area contributed by atoms with E-state index in [9.17, 15) is 4.39 Å². The minimum atomic E-state index is -0.481. The summed E-state index contributed by atoms with van der Waals surface area (Å²) < 4.78 is 20.9. The van der Waals surface area contributed by atoms with E-state index in [-0.39, 0.29) is 5.69 Å². The van der Waals surface area contributed by atoms with Crippen LogP contribution in [0.2, 0.25) is 0 Å². The summed E-state index contributed by atoms with van der Waals surface area (Å²) in [6, 6.07) is 8.71. The van der Waals surface area contributed by atoms with Gasteiger partial charge in [-0.05, 0) is 23.8 Å². The molecule has 0 aliphatic heterocycles. The second-order valence-corrected chi connectivity index (χ2v) is 5.64. The lowest BCUT2D eigenvalue weighted by molar-refractivity contribution is 0.398. The van der Waals surface area contributed by atoms with Crippen LogP contribution in [0.4, 0.5) is 15.9 Å². The minimum Gasteiger partial charge on any atom is -0.481 e. The van der Waals surface area contributed by atoms with Crippen molar-refractivity contribution >= 4 is 23.1 Å². The molecule has 0 amide bonds. The van der Waals surface area contributed by atoms with Crippen LogP contribution in [0.5, 0.6) is 5.88 Å². The Hall–Kier alpha value is -3.81. The molecule has 0 radical (unpaired) electrons. The lowest BCUT2D eigenvalue weighted by atomic mass is 10.3. The summed E-state index contributed by atoms with van der Waals surface area (Å²) in [6.45, 7) is 3.78. The number of rotatable bonds is 5. The minimum absolute atomic E-state index is 0.261. The highest BCUT2D eigenvalue weighted by Gasteiger charge is 2.14. The molecule has 7 nitrogen and oxygen atoms in total. The van der Waals surface area contributed by atoms with Crippen LogP contribution in [0, 0.1) is 5.82 Å². The summed E-state index contributed by atoms with van der Waals surface area (Å²) in [5.41, 5.74) is 2.32. The van der Waals surface area contributed by atoms with Crippen molar-refractivity contribution in [2.45, 2.75) is 0 Å². The van der Waals surface area contributed by atoms with E-state index in [1.165, 1.54) is 19.4 Å². The third-order valence-electron chi connectivity index (χ3n) is 3.91. The van der Waals surface area contributed by atoms with Crippen molar-refractivity contribution in [3.05, 3.63) is 66.9 Å². The van der Waals surface area contributed by atoms with Gasteiger partial charge in [0.1, 0.15) is 11.2 Å². The first-order chi connectivity index (χ1) is 13.2. The normalized spacial score (nSPS) is 10.7. The molecule has 0 atom stereocenters. The van der Waals surface area contributed by atoms with Crippen molar-refractivity contribution in [1.82, 2.24) is 24.6 Å². The van der Waals surface area contributed by atoms with Gasteiger partial charge in [0.05, 0.1) is 19.0 Å². The van der Waals surface area contributed by atoms with Crippen molar-refractivity contribution in [3.63, 3.8) is 0 Å². The molecule has 0 aliphatic rings. The maximum absolute atomic E-state index is 14.0. The third kappa shape index (κ3) is 3.20. The Morgan fingerprint density at radius 2 is 2.15 bits per heavy atom. The molecule has 0 fully saturated rings. The highest BCUT2D eigenvalue weighted by molar-refractivity contribution is 5.77. The molecule has 0 aromatic carbocycles. The smallest absolute Gasteiger partial charge is 0.213 e. The van der Waals surface area contributed by atoms with Gasteiger partial charge < -0.3 is 10.1 Å². The summed E-state index contributed by atoms with van der Waals surface area (Å²) in [4.78, 5) is 12.7. The molecule has 1 N–H and O–H groups in total. The second-order valence-electron chi connectivity index (χ2n) is 5.64. The van der Waals surface area contributed by atoms with Crippen molar-refractivity contribution in [1.29, 1.82) is 0 Å². The molecular weight excluding hydrogens is 347 g/mol. The standard InChI is InChI=1S/C19H15FN6O/c1-3-12-9-16-19(23-14-7-8-21-10-13(14)20)24-18(25-26(16)11-12)15-5-4-6-17(22-15)27-2/h3-11H,1H2,2H3,(H,21,23,24,25). The van der Waals surface area contributed by atoms with Crippen LogP contribution in [0.1, 0.15) is 5.56 Å². The van der Waals surface area contributed by atoms with Gasteiger partial charge in [-0.2, -0.15) is 0 Å². The first-order valence-corrected chi connectivity index (χ1v) is 8.09. The molecule has 27 heavy (non-hydrogen) atoms. The van der Waals surface area contributed by atoms with Crippen LogP contribution in [-0.4, -0.2) is 31.7 Å². The van der Waals surface area contributed by atoms with Crippen LogP contribution in [0.15, 0.2) is 55.5 Å². The topological polar surface area (TPSA) is 77.2 Å². The number of nitrogens with zero attached hydrogens (tertiary/aromatic N) is 5. The summed E-state index contributed by atoms with van der Waals surface area (Å²) in [5.74, 6) is 0.767. The van der Waals surface area contributed by atoms with Gasteiger partial charge in [0, 0.05) is 18.5 Å². The van der Waals surface area contributed by atoms with Gasteiger partial charge in [0.25, 0.3) is 0 Å². The number of fused-ring (bicyclic) bond motifs is 1. The average Bonchev–Trinajstić information content (AvgIpc) is 3.13. The first-order valence-electron chi connectivity index (χ1n) is 8.09. The molecule has 8 heteroatoms. The van der Waals surface area contributed by atoms with Crippen molar-refractivity contribution in [2.75, 3.05) is 12.4 Å². The Labute approximate surface area is 154 Å². The van der Waals surface area contributed by atoms with Crippen LogP contribution in [-0.2, 0) is 0 Å². The van der Waals surface area contributed by atoms with Crippen LogP contribution in [0.3, 0.4) is 0 Å². The SMILES string of the molecule is C=Cc1cc2c(Nc3ccncc3F)nc(-c3cccc(OC)n3)nn2c1. The summed E-state index contributed by atoms with van der Waals surface area (Å²) >= 11 is 0. The second kappa shape index (κ2) is 6.83. The van der Waals surface area contributed by atoms with Crippen LogP contribution in [0.25, 0.3) is 23.1 Å². The monoisotopic (exact) mass is 362 g/mol. The van der Waals surface area contributed by atoms with Gasteiger partial charge in [0.15, 0.2) is 11.6 Å². The molecule has 4 aromatic heterocycles. The lowest BCUT2D eigenvalue weighted by Crippen LogP contribution is -2.05. The van der Waals surface area contributed by atoms with Crippen molar-refractivity contribution in [2.24, 2.45) is 0 Å². The average molecular weight is 362 g/mol. The maximum atomic E-state index is 14.0. The van der Waals surface area contributed by atoms with Gasteiger partial charge in [-0.3, -0.25) is 4.98 Å². The molecule has 4 heterocycles. The van der Waals surface area contributed by atoms with E-state index >= 15 is 0 Å². The zero-order chi connectivity index (χ0) is 18.8. The van der Waals surface area contributed by atoms with E-state index < -0.39 is 5.82 Å². The van der Waals surface area contributed by atoms with E-state index in [1.807, 2.05) is 12.3 Å². The Balaban J connectivity index is 1.88. The number of anilines is 2. The van der Waals surface area contributed by atoms with Crippen molar-refractivity contribution < 1.29 is 9.13 Å². The van der Waals surface area contributed by atoms with E-state index in [0.717, 1.165) is 11.8 Å². The number of methoxy groups -OCH3 is 1. The zero-order valence-electron chi connectivity index (χ0n) is 14.4. The van der Waals surface area contributed by atoms with E-state index in [4.69, 9.17) is 4.74 Å². The molecule has 0 bridgehead atoms. The van der Waals surface area contributed by atoms with Gasteiger partial charge in [-0.25, -0.2) is 18.9 Å². The van der Waals surface area contributed by atoms with E-state index in [2.05, 4.69) is 31.9 Å². The fraction of sp³-hybridized carbons (Fsp3) is 0.0526. The maximum Gasteiger partial charge on any atom is 0.213 e. The highest BCUT2D eigenvalue weighted by Crippen LogP contribution is 2.26.